The maximum absolute atomic E-state index is 15.1. The molecule has 4 heterocycles. The second kappa shape index (κ2) is 15.1. The fourth-order valence-corrected chi connectivity index (χ4v) is 8.34. The van der Waals surface area contributed by atoms with E-state index in [1.54, 1.807) is 40.0 Å². The predicted octanol–water partition coefficient (Wildman–Crippen LogP) is 5.17. The molecule has 1 spiro atoms. The van der Waals surface area contributed by atoms with Crippen LogP contribution < -0.4 is 4.90 Å². The number of benzene rings is 2. The zero-order valence-corrected chi connectivity index (χ0v) is 29.6. The second-order valence-electron chi connectivity index (χ2n) is 13.7. The number of hydrogen-bond acceptors (Lipinski definition) is 7. The van der Waals surface area contributed by atoms with E-state index in [0.29, 0.717) is 30.0 Å². The van der Waals surface area contributed by atoms with Crippen molar-refractivity contribution in [2.75, 3.05) is 31.6 Å². The Morgan fingerprint density at radius 2 is 1.72 bits per heavy atom. The normalized spacial score (nSPS) is 30.6. The summed E-state index contributed by atoms with van der Waals surface area (Å²) in [6, 6.07) is 13.1. The van der Waals surface area contributed by atoms with Gasteiger partial charge in [0.25, 0.3) is 5.91 Å². The summed E-state index contributed by atoms with van der Waals surface area (Å²) in [4.78, 5) is 62.3. The van der Waals surface area contributed by atoms with Crippen molar-refractivity contribution in [3.05, 3.63) is 89.0 Å². The molecular formula is C39H46ClN3O7. The van der Waals surface area contributed by atoms with E-state index in [1.165, 1.54) is 0 Å². The van der Waals surface area contributed by atoms with E-state index < -0.39 is 47.7 Å². The number of halogens is 1. The van der Waals surface area contributed by atoms with Gasteiger partial charge in [0.2, 0.25) is 11.8 Å². The number of para-hydroxylation sites is 1. The molecule has 0 radical (unpaired) electrons. The Morgan fingerprint density at radius 1 is 0.960 bits per heavy atom. The lowest BCUT2D eigenvalue weighted by Gasteiger charge is -2.36. The van der Waals surface area contributed by atoms with E-state index in [1.807, 2.05) is 68.5 Å². The van der Waals surface area contributed by atoms with E-state index in [4.69, 9.17) is 21.1 Å². The topological polar surface area (TPSA) is 117 Å². The number of unbranched alkanes of at least 4 members (excludes halogenated alkanes) is 3. The highest BCUT2D eigenvalue weighted by Crippen LogP contribution is 2.56. The lowest BCUT2D eigenvalue weighted by atomic mass is 9.74. The van der Waals surface area contributed by atoms with Gasteiger partial charge in [-0.3, -0.25) is 19.2 Å². The number of amides is 3. The number of nitrogens with zero attached hydrogens (tertiary/aromatic N) is 3. The number of aliphatic hydroxyl groups is 1. The largest absolute Gasteiger partial charge is 0.455 e. The predicted molar refractivity (Wildman–Crippen MR) is 189 cm³/mol. The number of hydrogen-bond donors (Lipinski definition) is 1. The van der Waals surface area contributed by atoms with Crippen LogP contribution in [0.25, 0.3) is 0 Å². The van der Waals surface area contributed by atoms with Gasteiger partial charge in [-0.15, -0.1) is 0 Å². The van der Waals surface area contributed by atoms with Gasteiger partial charge in [-0.1, -0.05) is 91.2 Å². The number of carbonyl (C=O) groups is 4. The molecule has 0 saturated carbocycles. The van der Waals surface area contributed by atoms with Crippen molar-refractivity contribution in [2.24, 2.45) is 11.8 Å². The molecule has 3 amide bonds. The minimum absolute atomic E-state index is 0.0883. The Kier molecular flexibility index (Phi) is 10.8. The molecule has 1 N–H and O–H groups in total. The minimum Gasteiger partial charge on any atom is -0.455 e. The van der Waals surface area contributed by atoms with Crippen molar-refractivity contribution in [1.82, 2.24) is 9.80 Å². The van der Waals surface area contributed by atoms with Gasteiger partial charge in [-0.05, 0) is 50.3 Å². The summed E-state index contributed by atoms with van der Waals surface area (Å²) in [6.45, 7) is 4.25. The van der Waals surface area contributed by atoms with Gasteiger partial charge in [0.15, 0.2) is 0 Å². The Labute approximate surface area is 298 Å². The number of anilines is 1. The quantitative estimate of drug-likeness (QED) is 0.229. The number of likely N-dealkylation sites (N-methyl/N-ethyl adjacent to an activating group) is 1. The molecule has 50 heavy (non-hydrogen) atoms. The van der Waals surface area contributed by atoms with Gasteiger partial charge in [0.1, 0.15) is 23.7 Å². The monoisotopic (exact) mass is 703 g/mol. The standard InChI is InChI=1S/C39H46ClN3O7/c1-25-15-14-18-28(40)33(25)42-22-12-7-10-19-30(45)41(3)26(2)34(27-16-8-6-9-17-27)49-38(48)31-29-20-21-39(50-29)32(31)36(46)43(35(39)37(42)47)23-11-4-5-13-24-44/h6-9,12,14-18,20-21,26,29,31-32,34-35,44H,4-5,10-11,13,19,22-24H2,1-3H3/b12-7-/t26-,29+,31-,32-,34+,35+,39-/m1/s1. The third-order valence-corrected chi connectivity index (χ3v) is 11.0. The number of aryl methyl sites for hydroxylation is 1. The molecule has 266 valence electrons. The molecule has 4 aliphatic heterocycles. The molecule has 2 aromatic rings. The van der Waals surface area contributed by atoms with E-state index >= 15 is 4.79 Å². The van der Waals surface area contributed by atoms with Crippen LogP contribution in [0.2, 0.25) is 5.02 Å². The van der Waals surface area contributed by atoms with Crippen LogP contribution >= 0.6 is 11.6 Å². The smallest absolute Gasteiger partial charge is 0.313 e. The molecule has 2 saturated heterocycles. The van der Waals surface area contributed by atoms with Crippen LogP contribution in [-0.2, 0) is 28.7 Å². The van der Waals surface area contributed by atoms with Gasteiger partial charge in [-0.2, -0.15) is 0 Å². The lowest BCUT2D eigenvalue weighted by molar-refractivity contribution is -0.164. The van der Waals surface area contributed by atoms with Crippen molar-refractivity contribution in [1.29, 1.82) is 0 Å². The van der Waals surface area contributed by atoms with Crippen LogP contribution in [0.5, 0.6) is 0 Å². The molecule has 0 aromatic heterocycles. The second-order valence-corrected chi connectivity index (χ2v) is 14.2. The highest BCUT2D eigenvalue weighted by Gasteiger charge is 2.73. The first-order valence-corrected chi connectivity index (χ1v) is 18.0. The summed E-state index contributed by atoms with van der Waals surface area (Å²) in [5, 5.41) is 9.68. The molecule has 2 aromatic carbocycles. The highest BCUT2D eigenvalue weighted by atomic mass is 35.5. The van der Waals surface area contributed by atoms with Crippen LogP contribution in [0.3, 0.4) is 0 Å². The summed E-state index contributed by atoms with van der Waals surface area (Å²) in [6.07, 6.45) is 9.18. The van der Waals surface area contributed by atoms with Crippen molar-refractivity contribution < 1.29 is 33.8 Å². The highest BCUT2D eigenvalue weighted by molar-refractivity contribution is 6.34. The fraction of sp³-hybridized carbons (Fsp3) is 0.487. The van der Waals surface area contributed by atoms with Crippen LogP contribution in [-0.4, -0.2) is 89.1 Å². The van der Waals surface area contributed by atoms with E-state index in [-0.39, 0.29) is 43.8 Å². The molecular weight excluding hydrogens is 658 g/mol. The molecule has 7 atom stereocenters. The Bertz CT molecular complexity index is 1640. The molecule has 0 aliphatic carbocycles. The number of carbonyl (C=O) groups excluding carboxylic acids is 4. The van der Waals surface area contributed by atoms with Crippen molar-refractivity contribution in [2.45, 2.75) is 82.3 Å². The van der Waals surface area contributed by atoms with Gasteiger partial charge < -0.3 is 29.3 Å². The number of fused-ring (bicyclic) bond motifs is 2. The average molecular weight is 704 g/mol. The molecule has 0 unspecified atom stereocenters. The first kappa shape index (κ1) is 35.8. The van der Waals surface area contributed by atoms with Crippen molar-refractivity contribution in [3.63, 3.8) is 0 Å². The molecule has 2 fully saturated rings. The molecule has 11 heteroatoms. The molecule has 4 aliphatic rings. The average Bonchev–Trinajstić information content (AvgIpc) is 3.75. The Balaban J connectivity index is 1.45. The van der Waals surface area contributed by atoms with E-state index in [0.717, 1.165) is 24.0 Å². The van der Waals surface area contributed by atoms with Crippen LogP contribution in [0.4, 0.5) is 5.69 Å². The number of allylic oxidation sites excluding steroid dienone is 1. The maximum Gasteiger partial charge on any atom is 0.313 e. The third kappa shape index (κ3) is 6.49. The number of cyclic esters (lactones) is 1. The lowest BCUT2D eigenvalue weighted by Crippen LogP contribution is -2.56. The van der Waals surface area contributed by atoms with E-state index in [2.05, 4.69) is 0 Å². The zero-order valence-electron chi connectivity index (χ0n) is 28.9. The number of likely N-dealkylation sites (tertiary alicyclic amines) is 1. The number of ether oxygens (including phenoxy) is 2. The number of esters is 1. The SMILES string of the molecule is Cc1cccc(Cl)c1N1C/C=C\CCC(=O)N(C)[C@H](C)[C@@H](c2ccccc2)OC(=O)[C@@H]2[C@@H]3C=C[C@]4(O3)[C@H](C1=O)N(CCCCCCO)C(=O)[C@@H]24. The van der Waals surface area contributed by atoms with Gasteiger partial charge in [-0.25, -0.2) is 0 Å². The summed E-state index contributed by atoms with van der Waals surface area (Å²) < 4.78 is 12.9. The van der Waals surface area contributed by atoms with Gasteiger partial charge >= 0.3 is 5.97 Å². The summed E-state index contributed by atoms with van der Waals surface area (Å²) in [5.41, 5.74) is 0.644. The molecule has 6 rings (SSSR count). The van der Waals surface area contributed by atoms with E-state index in [9.17, 15) is 19.5 Å². The van der Waals surface area contributed by atoms with Gasteiger partial charge in [0.05, 0.1) is 28.8 Å². The Morgan fingerprint density at radius 3 is 2.46 bits per heavy atom. The van der Waals surface area contributed by atoms with Crippen LogP contribution in [0, 0.1) is 18.8 Å². The molecule has 10 nitrogen and oxygen atoms in total. The maximum atomic E-state index is 15.1. The molecule has 5 bridgehead atoms. The van der Waals surface area contributed by atoms with Crippen LogP contribution in [0.15, 0.2) is 72.8 Å². The summed E-state index contributed by atoms with van der Waals surface area (Å²) in [7, 11) is 1.71. The number of rotatable bonds is 8. The first-order chi connectivity index (χ1) is 24.1. The first-order valence-electron chi connectivity index (χ1n) is 17.6. The zero-order chi connectivity index (χ0) is 35.6. The van der Waals surface area contributed by atoms with Crippen LogP contribution in [0.1, 0.15) is 62.7 Å². The van der Waals surface area contributed by atoms with Crippen molar-refractivity contribution >= 4 is 41.0 Å². The fourth-order valence-electron chi connectivity index (χ4n) is 8.01. The Hall–Kier alpha value is -3.99. The summed E-state index contributed by atoms with van der Waals surface area (Å²) >= 11 is 6.77. The van der Waals surface area contributed by atoms with Crippen molar-refractivity contribution in [3.8, 4) is 0 Å². The summed E-state index contributed by atoms with van der Waals surface area (Å²) in [5.74, 6) is -3.40. The third-order valence-electron chi connectivity index (χ3n) is 10.7. The van der Waals surface area contributed by atoms with Gasteiger partial charge in [0, 0.05) is 33.2 Å². The minimum atomic E-state index is -1.39. The number of aliphatic hydroxyl groups excluding tert-OH is 1.